The fraction of sp³-hybridized carbons (Fsp3) is 0.368. The molecule has 11 nitrogen and oxygen atoms in total. The number of urea groups is 1. The van der Waals surface area contributed by atoms with Gasteiger partial charge in [0.1, 0.15) is 0 Å². The molecule has 2 unspecified atom stereocenters. The molecule has 0 aromatic heterocycles. The zero-order chi connectivity index (χ0) is 22.7. The van der Waals surface area contributed by atoms with Crippen LogP contribution in [0.5, 0.6) is 0 Å². The summed E-state index contributed by atoms with van der Waals surface area (Å²) in [6.07, 6.45) is -1.19. The molecule has 0 fully saturated rings. The Morgan fingerprint density at radius 3 is 2.37 bits per heavy atom. The van der Waals surface area contributed by atoms with Crippen LogP contribution in [0, 0.1) is 5.92 Å². The van der Waals surface area contributed by atoms with Crippen LogP contribution >= 0.6 is 0 Å². The molecular weight excluding hydrogens is 396 g/mol. The number of benzene rings is 1. The van der Waals surface area contributed by atoms with Crippen LogP contribution in [-0.4, -0.2) is 55.0 Å². The Labute approximate surface area is 173 Å². The highest BCUT2D eigenvalue weighted by Gasteiger charge is 2.35. The van der Waals surface area contributed by atoms with E-state index >= 15 is 0 Å². The summed E-state index contributed by atoms with van der Waals surface area (Å²) in [6, 6.07) is 5.17. The number of anilines is 2. The number of ether oxygens (including phenoxy) is 2. The second-order valence-corrected chi connectivity index (χ2v) is 6.10. The number of rotatable bonds is 11. The molecular formula is C19H26N4O7. The van der Waals surface area contributed by atoms with Crippen molar-refractivity contribution in [1.82, 2.24) is 5.32 Å². The van der Waals surface area contributed by atoms with Crippen LogP contribution in [0.3, 0.4) is 0 Å². The Hall–Kier alpha value is -3.44. The van der Waals surface area contributed by atoms with Crippen LogP contribution in [0.25, 0.3) is 0 Å². The SMILES string of the molecule is C=C(C)C(O)OCCNC(=O)C(C(=O)Nc1cccc(NC(N)=O)c1)C(=O)OCC. The highest BCUT2D eigenvalue weighted by Crippen LogP contribution is 2.16. The van der Waals surface area contributed by atoms with Crippen molar-refractivity contribution in [3.63, 3.8) is 0 Å². The number of carbonyl (C=O) groups excluding carboxylic acids is 4. The summed E-state index contributed by atoms with van der Waals surface area (Å²) in [7, 11) is 0. The number of carbonyl (C=O) groups is 4. The Balaban J connectivity index is 2.80. The van der Waals surface area contributed by atoms with Crippen molar-refractivity contribution in [2.24, 2.45) is 11.7 Å². The standard InChI is InChI=1S/C19H26N4O7/c1-4-29-18(27)14(15(24)21-8-9-30-17(26)11(2)3)16(25)22-12-6-5-7-13(10-12)23-19(20)28/h5-7,10,14,17,26H,2,4,8-9H2,1,3H3,(H,21,24)(H,22,25)(H3,20,23,28). The lowest BCUT2D eigenvalue weighted by Gasteiger charge is -2.17. The molecule has 11 heteroatoms. The fourth-order valence-electron chi connectivity index (χ4n) is 2.18. The first-order chi connectivity index (χ1) is 14.1. The number of aliphatic hydroxyl groups excluding tert-OH is 1. The molecule has 0 heterocycles. The molecule has 4 amide bonds. The molecule has 0 spiro atoms. The Morgan fingerprint density at radius 1 is 1.17 bits per heavy atom. The first-order valence-electron chi connectivity index (χ1n) is 9.02. The fourth-order valence-corrected chi connectivity index (χ4v) is 2.18. The van der Waals surface area contributed by atoms with Gasteiger partial charge < -0.3 is 36.3 Å². The van der Waals surface area contributed by atoms with Crippen LogP contribution in [0.4, 0.5) is 16.2 Å². The quantitative estimate of drug-likeness (QED) is 0.112. The van der Waals surface area contributed by atoms with Crippen molar-refractivity contribution in [2.45, 2.75) is 20.1 Å². The molecule has 0 aliphatic rings. The lowest BCUT2D eigenvalue weighted by atomic mass is 10.1. The molecule has 0 saturated carbocycles. The normalized spacial score (nSPS) is 12.2. The van der Waals surface area contributed by atoms with E-state index in [1.807, 2.05) is 0 Å². The summed E-state index contributed by atoms with van der Waals surface area (Å²) in [4.78, 5) is 48.1. The van der Waals surface area contributed by atoms with E-state index in [1.165, 1.54) is 31.2 Å². The third-order valence-electron chi connectivity index (χ3n) is 3.54. The van der Waals surface area contributed by atoms with Crippen LogP contribution in [0.15, 0.2) is 36.4 Å². The van der Waals surface area contributed by atoms with Crippen LogP contribution in [0.2, 0.25) is 0 Å². The number of aliphatic hydroxyl groups is 1. The molecule has 1 aromatic carbocycles. The summed E-state index contributed by atoms with van der Waals surface area (Å²) in [5.74, 6) is -4.62. The zero-order valence-electron chi connectivity index (χ0n) is 16.8. The maximum Gasteiger partial charge on any atom is 0.328 e. The van der Waals surface area contributed by atoms with Crippen molar-refractivity contribution in [3.05, 3.63) is 36.4 Å². The molecule has 1 aromatic rings. The van der Waals surface area contributed by atoms with Gasteiger partial charge in [0.25, 0.3) is 0 Å². The number of hydrogen-bond acceptors (Lipinski definition) is 7. The Morgan fingerprint density at radius 2 is 1.80 bits per heavy atom. The number of primary amides is 1. The van der Waals surface area contributed by atoms with E-state index < -0.39 is 36.0 Å². The van der Waals surface area contributed by atoms with Gasteiger partial charge in [0, 0.05) is 17.9 Å². The van der Waals surface area contributed by atoms with Crippen molar-refractivity contribution in [1.29, 1.82) is 0 Å². The average molecular weight is 422 g/mol. The number of amides is 4. The maximum atomic E-state index is 12.6. The van der Waals surface area contributed by atoms with Gasteiger partial charge in [0.05, 0.1) is 13.2 Å². The van der Waals surface area contributed by atoms with Crippen molar-refractivity contribution < 1.29 is 33.8 Å². The van der Waals surface area contributed by atoms with Gasteiger partial charge in [0.15, 0.2) is 6.29 Å². The lowest BCUT2D eigenvalue weighted by Crippen LogP contribution is -2.44. The van der Waals surface area contributed by atoms with Gasteiger partial charge in [-0.25, -0.2) is 4.79 Å². The molecule has 2 atom stereocenters. The van der Waals surface area contributed by atoms with Gasteiger partial charge in [-0.15, -0.1) is 0 Å². The summed E-state index contributed by atoms with van der Waals surface area (Å²) < 4.78 is 9.84. The number of esters is 1. The van der Waals surface area contributed by atoms with Gasteiger partial charge in [-0.3, -0.25) is 14.4 Å². The topological polar surface area (TPSA) is 169 Å². The zero-order valence-corrected chi connectivity index (χ0v) is 16.8. The van der Waals surface area contributed by atoms with E-state index in [4.69, 9.17) is 15.2 Å². The molecule has 0 aliphatic heterocycles. The van der Waals surface area contributed by atoms with E-state index in [9.17, 15) is 24.3 Å². The van der Waals surface area contributed by atoms with E-state index in [0.717, 1.165) is 0 Å². The summed E-state index contributed by atoms with van der Waals surface area (Å²) in [6.45, 7) is 6.46. The van der Waals surface area contributed by atoms with Gasteiger partial charge in [-0.1, -0.05) is 12.6 Å². The maximum absolute atomic E-state index is 12.6. The predicted molar refractivity (Wildman–Crippen MR) is 108 cm³/mol. The minimum Gasteiger partial charge on any atom is -0.465 e. The average Bonchev–Trinajstić information content (AvgIpc) is 2.65. The summed E-state index contributed by atoms with van der Waals surface area (Å²) in [5, 5.41) is 16.6. The first-order valence-corrected chi connectivity index (χ1v) is 9.02. The molecule has 164 valence electrons. The summed E-state index contributed by atoms with van der Waals surface area (Å²) in [5.41, 5.74) is 5.97. The van der Waals surface area contributed by atoms with E-state index in [0.29, 0.717) is 11.3 Å². The van der Waals surface area contributed by atoms with Crippen molar-refractivity contribution in [2.75, 3.05) is 30.4 Å². The minimum absolute atomic E-state index is 0.0260. The number of nitrogens with one attached hydrogen (secondary N) is 3. The monoisotopic (exact) mass is 422 g/mol. The highest BCUT2D eigenvalue weighted by molar-refractivity contribution is 6.19. The second-order valence-electron chi connectivity index (χ2n) is 6.10. The molecule has 0 radical (unpaired) electrons. The molecule has 0 saturated heterocycles. The van der Waals surface area contributed by atoms with Gasteiger partial charge in [-0.2, -0.15) is 0 Å². The molecule has 1 rings (SSSR count). The lowest BCUT2D eigenvalue weighted by molar-refractivity contribution is -0.155. The summed E-state index contributed by atoms with van der Waals surface area (Å²) >= 11 is 0. The largest absolute Gasteiger partial charge is 0.465 e. The van der Waals surface area contributed by atoms with Crippen molar-refractivity contribution >= 4 is 35.2 Å². The van der Waals surface area contributed by atoms with Crippen LogP contribution in [0.1, 0.15) is 13.8 Å². The Bertz CT molecular complexity index is 797. The third kappa shape index (κ3) is 8.29. The predicted octanol–water partition coefficient (Wildman–Crippen LogP) is 0.322. The van der Waals surface area contributed by atoms with Crippen LogP contribution < -0.4 is 21.7 Å². The molecule has 0 bridgehead atoms. The van der Waals surface area contributed by atoms with Crippen LogP contribution in [-0.2, 0) is 23.9 Å². The number of nitrogens with two attached hydrogens (primary N) is 1. The molecule has 0 aliphatic carbocycles. The Kier molecular flexibility index (Phi) is 10.00. The van der Waals surface area contributed by atoms with Gasteiger partial charge >= 0.3 is 12.0 Å². The third-order valence-corrected chi connectivity index (χ3v) is 3.54. The number of hydrogen-bond donors (Lipinski definition) is 5. The minimum atomic E-state index is -1.77. The first kappa shape index (κ1) is 24.6. The molecule has 30 heavy (non-hydrogen) atoms. The van der Waals surface area contributed by atoms with E-state index in [1.54, 1.807) is 6.92 Å². The van der Waals surface area contributed by atoms with E-state index in [-0.39, 0.29) is 25.4 Å². The smallest absolute Gasteiger partial charge is 0.328 e. The van der Waals surface area contributed by atoms with Gasteiger partial charge in [0.2, 0.25) is 17.7 Å². The van der Waals surface area contributed by atoms with E-state index in [2.05, 4.69) is 22.5 Å². The second kappa shape index (κ2) is 12.2. The molecule has 6 N–H and O–H groups in total. The highest BCUT2D eigenvalue weighted by atomic mass is 16.6. The van der Waals surface area contributed by atoms with Crippen molar-refractivity contribution in [3.8, 4) is 0 Å². The van der Waals surface area contributed by atoms with Gasteiger partial charge in [-0.05, 0) is 37.6 Å².